The van der Waals surface area contributed by atoms with Gasteiger partial charge in [-0.05, 0) is 51.3 Å². The van der Waals surface area contributed by atoms with Crippen LogP contribution in [0.3, 0.4) is 0 Å². The van der Waals surface area contributed by atoms with E-state index in [1.807, 2.05) is 13.8 Å². The summed E-state index contributed by atoms with van der Waals surface area (Å²) in [6, 6.07) is 4.21. The zero-order chi connectivity index (χ0) is 26.9. The van der Waals surface area contributed by atoms with Crippen LogP contribution in [0.5, 0.6) is 28.7 Å². The summed E-state index contributed by atoms with van der Waals surface area (Å²) in [6.07, 6.45) is 3.87. The summed E-state index contributed by atoms with van der Waals surface area (Å²) in [5.74, 6) is 3.03. The van der Waals surface area contributed by atoms with E-state index < -0.39 is 0 Å². The lowest BCUT2D eigenvalue weighted by molar-refractivity contribution is -0.0737. The minimum atomic E-state index is -0.325. The molecule has 1 unspecified atom stereocenters. The topological polar surface area (TPSA) is 87.4 Å². The number of hydrogen-bond acceptors (Lipinski definition) is 8. The van der Waals surface area contributed by atoms with Gasteiger partial charge >= 0.3 is 0 Å². The number of aryl methyl sites for hydroxylation is 1. The van der Waals surface area contributed by atoms with Gasteiger partial charge < -0.3 is 24.1 Å². The molecule has 1 saturated heterocycles. The van der Waals surface area contributed by atoms with Gasteiger partial charge in [-0.1, -0.05) is 25.6 Å². The van der Waals surface area contributed by atoms with E-state index in [-0.39, 0.29) is 42.8 Å². The van der Waals surface area contributed by atoms with Gasteiger partial charge in [0.05, 0.1) is 19.2 Å². The van der Waals surface area contributed by atoms with Crippen LogP contribution in [-0.2, 0) is 12.8 Å². The molecule has 0 aromatic heterocycles. The van der Waals surface area contributed by atoms with Crippen LogP contribution in [-0.4, -0.2) is 60.6 Å². The van der Waals surface area contributed by atoms with E-state index >= 15 is 0 Å². The van der Waals surface area contributed by atoms with Crippen molar-refractivity contribution in [2.45, 2.75) is 70.2 Å². The van der Waals surface area contributed by atoms with Crippen LogP contribution in [0.25, 0.3) is 0 Å². The van der Waals surface area contributed by atoms with Crippen molar-refractivity contribution in [3.8, 4) is 34.8 Å². The van der Waals surface area contributed by atoms with Crippen molar-refractivity contribution in [3.63, 3.8) is 0 Å². The molecule has 4 aliphatic rings. The average molecular weight is 518 g/mol. The van der Waals surface area contributed by atoms with Crippen molar-refractivity contribution in [3.05, 3.63) is 52.1 Å². The molecule has 2 bridgehead atoms. The summed E-state index contributed by atoms with van der Waals surface area (Å²) in [5, 5.41) is 22.1. The van der Waals surface area contributed by atoms with E-state index in [4.69, 9.17) is 18.9 Å². The molecule has 2 aromatic rings. The minimum Gasteiger partial charge on any atom is -0.504 e. The number of likely N-dealkylation sites (N-methyl/N-ethyl adjacent to an activating group) is 1. The lowest BCUT2D eigenvalue weighted by atomic mass is 9.71. The van der Waals surface area contributed by atoms with Gasteiger partial charge in [0.25, 0.3) is 0 Å². The summed E-state index contributed by atoms with van der Waals surface area (Å²) < 4.78 is 23.9. The highest BCUT2D eigenvalue weighted by Gasteiger charge is 2.56. The quantitative estimate of drug-likeness (QED) is 0.581. The zero-order valence-electron chi connectivity index (χ0n) is 22.7. The fourth-order valence-corrected chi connectivity index (χ4v) is 7.57. The van der Waals surface area contributed by atoms with Crippen molar-refractivity contribution in [2.75, 3.05) is 27.6 Å². The predicted molar refractivity (Wildman–Crippen MR) is 142 cm³/mol. The van der Waals surface area contributed by atoms with E-state index in [0.29, 0.717) is 25.2 Å². The monoisotopic (exact) mass is 517 g/mol. The van der Waals surface area contributed by atoms with Crippen molar-refractivity contribution in [1.29, 1.82) is 5.26 Å². The number of benzene rings is 2. The molecule has 38 heavy (non-hydrogen) atoms. The molecule has 0 spiro atoms. The third-order valence-corrected chi connectivity index (χ3v) is 9.00. The lowest BCUT2D eigenvalue weighted by Crippen LogP contribution is -2.68. The Bertz CT molecular complexity index is 1370. The van der Waals surface area contributed by atoms with E-state index in [2.05, 4.69) is 42.5 Å². The van der Waals surface area contributed by atoms with E-state index in [9.17, 15) is 10.4 Å². The zero-order valence-corrected chi connectivity index (χ0v) is 22.7. The fraction of sp³-hybridized carbons (Fsp3) is 0.500. The highest BCUT2D eigenvalue weighted by atomic mass is 16.7. The molecule has 2 aromatic carbocycles. The third-order valence-electron chi connectivity index (χ3n) is 9.00. The van der Waals surface area contributed by atoms with Gasteiger partial charge in [0.1, 0.15) is 18.4 Å². The largest absolute Gasteiger partial charge is 0.504 e. The van der Waals surface area contributed by atoms with E-state index in [1.54, 1.807) is 13.2 Å². The number of fused-ring (bicyclic) bond motifs is 9. The number of nitrogens with zero attached hydrogens (tertiary/aromatic N) is 3. The molecule has 8 heteroatoms. The van der Waals surface area contributed by atoms with Gasteiger partial charge in [-0.3, -0.25) is 9.80 Å². The first-order chi connectivity index (χ1) is 18.4. The Labute approximate surface area is 224 Å². The summed E-state index contributed by atoms with van der Waals surface area (Å²) in [7, 11) is 3.68. The number of methoxy groups -OCH3 is 1. The summed E-state index contributed by atoms with van der Waals surface area (Å²) in [5.41, 5.74) is 5.98. The van der Waals surface area contributed by atoms with Crippen LogP contribution < -0.4 is 18.9 Å². The summed E-state index contributed by atoms with van der Waals surface area (Å²) >= 11 is 0. The molecule has 8 nitrogen and oxygen atoms in total. The number of aromatic hydroxyl groups is 1. The minimum absolute atomic E-state index is 0.0105. The van der Waals surface area contributed by atoms with Crippen LogP contribution in [0.15, 0.2) is 18.7 Å². The number of phenols is 1. The van der Waals surface area contributed by atoms with Crippen LogP contribution in [0.2, 0.25) is 0 Å². The molecule has 0 radical (unpaired) electrons. The van der Waals surface area contributed by atoms with Gasteiger partial charge in [0.2, 0.25) is 6.79 Å². The first-order valence-electron chi connectivity index (χ1n) is 13.3. The molecule has 1 fully saturated rings. The van der Waals surface area contributed by atoms with E-state index in [1.165, 1.54) is 0 Å². The standard InChI is InChI=1S/C30H35N3O5/c1-7-9-36-28-16(4)29-30(38-14-37-29)24-18(28)12-21-25-23-17(10-15(3)27(35-6)26(23)34)11-20(32(25)5)22(13-31)33(21)19(24)8-2/h7,10,19-22,25,34H,1,8-9,11-12,14H2,2-6H3/t19-,20-,21?,22-,25-/m0/s1. The number of nitriles is 1. The second-order valence-electron chi connectivity index (χ2n) is 10.8. The first kappa shape index (κ1) is 24.9. The molecular weight excluding hydrogens is 482 g/mol. The molecular formula is C30H35N3O5. The van der Waals surface area contributed by atoms with Crippen molar-refractivity contribution >= 4 is 0 Å². The number of piperazine rings is 1. The molecule has 200 valence electrons. The Morgan fingerprint density at radius 3 is 2.63 bits per heavy atom. The molecule has 0 saturated carbocycles. The highest BCUT2D eigenvalue weighted by Crippen LogP contribution is 2.58. The normalized spacial score (nSPS) is 27.1. The second-order valence-corrected chi connectivity index (χ2v) is 10.8. The summed E-state index contributed by atoms with van der Waals surface area (Å²) in [4.78, 5) is 4.69. The lowest BCUT2D eigenvalue weighted by Gasteiger charge is -2.60. The Morgan fingerprint density at radius 1 is 1.18 bits per heavy atom. The fourth-order valence-electron chi connectivity index (χ4n) is 7.57. The van der Waals surface area contributed by atoms with Crippen LogP contribution in [0, 0.1) is 25.2 Å². The van der Waals surface area contributed by atoms with Gasteiger partial charge in [-0.15, -0.1) is 0 Å². The molecule has 0 amide bonds. The van der Waals surface area contributed by atoms with E-state index in [0.717, 1.165) is 57.1 Å². The highest BCUT2D eigenvalue weighted by molar-refractivity contribution is 5.66. The first-order valence-corrected chi connectivity index (χ1v) is 13.3. The SMILES string of the molecule is C=CCOc1c(C)c2c(c3c1CC1[C@H]4c5c(cc(C)c(OC)c5O)C[C@@H]([C@H](C#N)N1[C@H]3CC)N4C)OCO2. The predicted octanol–water partition coefficient (Wildman–Crippen LogP) is 4.49. The van der Waals surface area contributed by atoms with Crippen LogP contribution in [0.4, 0.5) is 0 Å². The Morgan fingerprint density at radius 2 is 1.95 bits per heavy atom. The van der Waals surface area contributed by atoms with Crippen molar-refractivity contribution < 1.29 is 24.1 Å². The van der Waals surface area contributed by atoms with Gasteiger partial charge in [0, 0.05) is 40.4 Å². The third kappa shape index (κ3) is 3.21. The number of hydrogen-bond donors (Lipinski definition) is 1. The molecule has 4 aliphatic heterocycles. The molecule has 6 rings (SSSR count). The Kier molecular flexibility index (Phi) is 5.97. The molecule has 1 N–H and O–H groups in total. The Balaban J connectivity index is 1.60. The summed E-state index contributed by atoms with van der Waals surface area (Å²) in [6.45, 7) is 10.5. The van der Waals surface area contributed by atoms with Gasteiger partial charge in [0.15, 0.2) is 23.0 Å². The van der Waals surface area contributed by atoms with Crippen molar-refractivity contribution in [2.24, 2.45) is 0 Å². The van der Waals surface area contributed by atoms with Crippen molar-refractivity contribution in [1.82, 2.24) is 9.80 Å². The number of ether oxygens (including phenoxy) is 4. The second kappa shape index (κ2) is 9.11. The maximum atomic E-state index is 11.5. The van der Waals surface area contributed by atoms with Gasteiger partial charge in [-0.25, -0.2) is 0 Å². The van der Waals surface area contributed by atoms with Crippen LogP contribution in [0.1, 0.15) is 58.8 Å². The Hall–Kier alpha value is -3.41. The van der Waals surface area contributed by atoms with Gasteiger partial charge in [-0.2, -0.15) is 5.26 Å². The number of phenolic OH excluding ortho intramolecular Hbond substituents is 1. The maximum Gasteiger partial charge on any atom is 0.231 e. The molecule has 0 aliphatic carbocycles. The number of rotatable bonds is 5. The maximum absolute atomic E-state index is 11.5. The molecule has 4 heterocycles. The smallest absolute Gasteiger partial charge is 0.231 e. The average Bonchev–Trinajstić information content (AvgIpc) is 3.39. The van der Waals surface area contributed by atoms with Crippen LogP contribution >= 0.6 is 0 Å². The molecule has 5 atom stereocenters.